The molecule has 6 heteroatoms. The Hall–Kier alpha value is -1.40. The topological polar surface area (TPSA) is 33.1 Å². The predicted molar refractivity (Wildman–Crippen MR) is 67.1 cm³/mol. The first-order valence-corrected chi connectivity index (χ1v) is 6.38. The zero-order valence-electron chi connectivity index (χ0n) is 10.3. The van der Waals surface area contributed by atoms with E-state index in [0.717, 1.165) is 17.3 Å². The first-order chi connectivity index (χ1) is 8.77. The second-order valence-electron chi connectivity index (χ2n) is 4.39. The van der Waals surface area contributed by atoms with Gasteiger partial charge in [-0.1, -0.05) is 29.3 Å². The number of thiazole rings is 1. The van der Waals surface area contributed by atoms with Crippen molar-refractivity contribution in [3.05, 3.63) is 51.0 Å². The van der Waals surface area contributed by atoms with E-state index < -0.39 is 17.3 Å². The van der Waals surface area contributed by atoms with Crippen LogP contribution in [0.1, 0.15) is 32.7 Å². The molecule has 0 saturated carbocycles. The molecule has 0 spiro atoms. The van der Waals surface area contributed by atoms with Crippen LogP contribution in [0.5, 0.6) is 0 Å². The van der Waals surface area contributed by atoms with Crippen molar-refractivity contribution in [3.63, 3.8) is 0 Å². The average Bonchev–Trinajstić information content (AvgIpc) is 2.75. The Kier molecular flexibility index (Phi) is 3.64. The summed E-state index contributed by atoms with van der Waals surface area (Å²) in [6.45, 7) is 3.74. The number of halogens is 3. The highest BCUT2D eigenvalue weighted by Gasteiger charge is 2.35. The van der Waals surface area contributed by atoms with Crippen molar-refractivity contribution in [2.24, 2.45) is 0 Å². The van der Waals surface area contributed by atoms with Crippen LogP contribution in [0.25, 0.3) is 0 Å². The van der Waals surface area contributed by atoms with Crippen molar-refractivity contribution in [2.45, 2.75) is 26.1 Å². The van der Waals surface area contributed by atoms with Gasteiger partial charge in [0.25, 0.3) is 0 Å². The lowest BCUT2D eigenvalue weighted by Crippen LogP contribution is -2.03. The molecule has 0 aliphatic carbocycles. The largest absolute Gasteiger partial charge is 0.443 e. The lowest BCUT2D eigenvalue weighted by molar-refractivity contribution is -0.137. The highest BCUT2D eigenvalue weighted by atomic mass is 32.1. The molecule has 0 bridgehead atoms. The molecule has 1 unspecified atom stereocenters. The van der Waals surface area contributed by atoms with E-state index in [9.17, 15) is 18.3 Å². The van der Waals surface area contributed by atoms with Gasteiger partial charge in [-0.2, -0.15) is 13.2 Å². The summed E-state index contributed by atoms with van der Waals surface area (Å²) in [6.07, 6.45) is -4.46. The molecule has 1 N–H and O–H groups in total. The third-order valence-electron chi connectivity index (χ3n) is 2.60. The standard InChI is InChI=1S/C13H12F3NOS/c1-7-3-8(2)5-9(4-7)11(18)10-6-17-12(19-10)13(14,15)16/h3-6,11,18H,1-2H3. The first-order valence-electron chi connectivity index (χ1n) is 5.56. The van der Waals surface area contributed by atoms with E-state index in [-0.39, 0.29) is 4.88 Å². The van der Waals surface area contributed by atoms with Crippen molar-refractivity contribution in [1.82, 2.24) is 4.98 Å². The monoisotopic (exact) mass is 287 g/mol. The SMILES string of the molecule is Cc1cc(C)cc(C(O)c2cnc(C(F)(F)F)s2)c1. The van der Waals surface area contributed by atoms with Crippen molar-refractivity contribution >= 4 is 11.3 Å². The minimum absolute atomic E-state index is 0.192. The van der Waals surface area contributed by atoms with Gasteiger partial charge in [-0.25, -0.2) is 4.98 Å². The van der Waals surface area contributed by atoms with Gasteiger partial charge in [0, 0.05) is 6.20 Å². The third-order valence-corrected chi connectivity index (χ3v) is 3.69. The molecule has 1 heterocycles. The summed E-state index contributed by atoms with van der Waals surface area (Å²) in [4.78, 5) is 3.50. The number of aliphatic hydroxyl groups is 1. The molecule has 0 radical (unpaired) electrons. The molecule has 0 amide bonds. The fourth-order valence-corrected chi connectivity index (χ4v) is 2.67. The molecule has 1 atom stereocenters. The fraction of sp³-hybridized carbons (Fsp3) is 0.308. The van der Waals surface area contributed by atoms with Gasteiger partial charge < -0.3 is 5.11 Å². The van der Waals surface area contributed by atoms with E-state index in [1.165, 1.54) is 0 Å². The van der Waals surface area contributed by atoms with Crippen molar-refractivity contribution in [2.75, 3.05) is 0 Å². The van der Waals surface area contributed by atoms with E-state index in [4.69, 9.17) is 0 Å². The van der Waals surface area contributed by atoms with Crippen molar-refractivity contribution in [3.8, 4) is 0 Å². The highest BCUT2D eigenvalue weighted by molar-refractivity contribution is 7.11. The Morgan fingerprint density at radius 3 is 2.21 bits per heavy atom. The van der Waals surface area contributed by atoms with Crippen LogP contribution in [0.3, 0.4) is 0 Å². The molecule has 0 aliphatic heterocycles. The Balaban J connectivity index is 2.33. The Morgan fingerprint density at radius 2 is 1.74 bits per heavy atom. The van der Waals surface area contributed by atoms with Gasteiger partial charge >= 0.3 is 6.18 Å². The van der Waals surface area contributed by atoms with Crippen LogP contribution < -0.4 is 0 Å². The molecule has 2 rings (SSSR count). The summed E-state index contributed by atoms with van der Waals surface area (Å²) in [5, 5.41) is 9.18. The number of hydrogen-bond donors (Lipinski definition) is 1. The van der Waals surface area contributed by atoms with E-state index in [1.54, 1.807) is 12.1 Å². The summed E-state index contributed by atoms with van der Waals surface area (Å²) >= 11 is 0.468. The summed E-state index contributed by atoms with van der Waals surface area (Å²) in [5.41, 5.74) is 2.49. The summed E-state index contributed by atoms with van der Waals surface area (Å²) in [5.74, 6) is 0. The van der Waals surface area contributed by atoms with Gasteiger partial charge in [-0.05, 0) is 19.4 Å². The molecular weight excluding hydrogens is 275 g/mol. The summed E-state index contributed by atoms with van der Waals surface area (Å²) < 4.78 is 37.4. The molecule has 2 aromatic rings. The lowest BCUT2D eigenvalue weighted by atomic mass is 10.0. The van der Waals surface area contributed by atoms with Gasteiger partial charge in [-0.15, -0.1) is 11.3 Å². The number of rotatable bonds is 2. The van der Waals surface area contributed by atoms with Gasteiger partial charge in [0.2, 0.25) is 0 Å². The fourth-order valence-electron chi connectivity index (χ4n) is 1.88. The molecule has 1 aromatic heterocycles. The number of nitrogens with zero attached hydrogens (tertiary/aromatic N) is 1. The normalized spacial score (nSPS) is 13.6. The Labute approximate surface area is 112 Å². The van der Waals surface area contributed by atoms with E-state index in [1.807, 2.05) is 19.9 Å². The second-order valence-corrected chi connectivity index (χ2v) is 5.45. The lowest BCUT2D eigenvalue weighted by Gasteiger charge is -2.10. The van der Waals surface area contributed by atoms with Crippen LogP contribution in [0.15, 0.2) is 24.4 Å². The van der Waals surface area contributed by atoms with Gasteiger partial charge in [0.05, 0.1) is 4.88 Å². The molecule has 0 fully saturated rings. The minimum atomic E-state index is -4.47. The van der Waals surface area contributed by atoms with Crippen molar-refractivity contribution in [1.29, 1.82) is 0 Å². The van der Waals surface area contributed by atoms with E-state index in [2.05, 4.69) is 4.98 Å². The molecule has 19 heavy (non-hydrogen) atoms. The molecular formula is C13H12F3NOS. The molecule has 102 valence electrons. The molecule has 1 aromatic carbocycles. The summed E-state index contributed by atoms with van der Waals surface area (Å²) in [6, 6.07) is 5.44. The predicted octanol–water partition coefficient (Wildman–Crippen LogP) is 3.86. The number of aryl methyl sites for hydroxylation is 2. The molecule has 0 aliphatic rings. The zero-order chi connectivity index (χ0) is 14.2. The van der Waals surface area contributed by atoms with Crippen molar-refractivity contribution < 1.29 is 18.3 Å². The van der Waals surface area contributed by atoms with Crippen LogP contribution in [-0.2, 0) is 6.18 Å². The second kappa shape index (κ2) is 4.94. The van der Waals surface area contributed by atoms with Gasteiger partial charge in [-0.3, -0.25) is 0 Å². The Bertz CT molecular complexity index is 572. The van der Waals surface area contributed by atoms with Crippen LogP contribution in [0, 0.1) is 13.8 Å². The molecule has 2 nitrogen and oxygen atoms in total. The maximum Gasteiger partial charge on any atom is 0.443 e. The summed E-state index contributed by atoms with van der Waals surface area (Å²) in [7, 11) is 0. The van der Waals surface area contributed by atoms with Crippen LogP contribution in [-0.4, -0.2) is 10.1 Å². The van der Waals surface area contributed by atoms with Gasteiger partial charge in [0.15, 0.2) is 5.01 Å². The average molecular weight is 287 g/mol. The quantitative estimate of drug-likeness (QED) is 0.909. The number of benzene rings is 1. The maximum atomic E-state index is 12.5. The number of alkyl halides is 3. The maximum absolute atomic E-state index is 12.5. The van der Waals surface area contributed by atoms with Crippen LogP contribution in [0.2, 0.25) is 0 Å². The first kappa shape index (κ1) is 14.0. The number of aromatic nitrogens is 1. The number of hydrogen-bond acceptors (Lipinski definition) is 3. The smallest absolute Gasteiger partial charge is 0.383 e. The van der Waals surface area contributed by atoms with Crippen LogP contribution >= 0.6 is 11.3 Å². The van der Waals surface area contributed by atoms with E-state index in [0.29, 0.717) is 16.9 Å². The third kappa shape index (κ3) is 3.13. The van der Waals surface area contributed by atoms with Gasteiger partial charge in [0.1, 0.15) is 6.10 Å². The Morgan fingerprint density at radius 1 is 1.16 bits per heavy atom. The van der Waals surface area contributed by atoms with Crippen LogP contribution in [0.4, 0.5) is 13.2 Å². The molecule has 0 saturated heterocycles. The van der Waals surface area contributed by atoms with E-state index >= 15 is 0 Å². The zero-order valence-corrected chi connectivity index (χ0v) is 11.1. The number of aliphatic hydroxyl groups excluding tert-OH is 1. The highest BCUT2D eigenvalue weighted by Crippen LogP contribution is 2.36. The minimum Gasteiger partial charge on any atom is -0.383 e.